The van der Waals surface area contributed by atoms with E-state index in [9.17, 15) is 21.6 Å². The fourth-order valence-corrected chi connectivity index (χ4v) is 4.36. The minimum atomic E-state index is -4.59. The third-order valence-corrected chi connectivity index (χ3v) is 5.37. The van der Waals surface area contributed by atoms with E-state index in [-0.39, 0.29) is 9.63 Å². The van der Waals surface area contributed by atoms with Gasteiger partial charge in [0.15, 0.2) is 4.60 Å². The van der Waals surface area contributed by atoms with Crippen LogP contribution in [0.15, 0.2) is 9.63 Å². The van der Waals surface area contributed by atoms with Gasteiger partial charge in [-0.3, -0.25) is 0 Å². The second kappa shape index (κ2) is 4.70. The fourth-order valence-electron chi connectivity index (χ4n) is 1.66. The van der Waals surface area contributed by atoms with Crippen molar-refractivity contribution in [3.05, 3.63) is 4.60 Å². The van der Waals surface area contributed by atoms with Crippen LogP contribution in [-0.2, 0) is 17.1 Å². The molecule has 19 heavy (non-hydrogen) atoms. The molecule has 2 rings (SSSR count). The molecule has 6 nitrogen and oxygen atoms in total. The number of hydrogen-bond donors (Lipinski definition) is 0. The molecule has 0 saturated heterocycles. The zero-order valence-corrected chi connectivity index (χ0v) is 12.1. The summed E-state index contributed by atoms with van der Waals surface area (Å²) in [5, 5.41) is 6.59. The van der Waals surface area contributed by atoms with Crippen LogP contribution in [0.3, 0.4) is 0 Å². The Bertz CT molecular complexity index is 562. The molecule has 0 N–H and O–H groups in total. The summed E-state index contributed by atoms with van der Waals surface area (Å²) < 4.78 is 63.4. The molecule has 0 radical (unpaired) electrons. The molecule has 1 aliphatic rings. The first-order valence-corrected chi connectivity index (χ1v) is 7.50. The highest BCUT2D eigenvalue weighted by Gasteiger charge is 2.46. The highest BCUT2D eigenvalue weighted by Crippen LogP contribution is 2.35. The standard InChI is InChI=1S/C8H10BrF3N4O2S/c1-15-7(6(9)13-14-15)19(17,18)16(5-2-3-5)4-8(10,11)12/h5H,2-4H2,1H3. The van der Waals surface area contributed by atoms with Gasteiger partial charge in [-0.1, -0.05) is 5.21 Å². The molecule has 108 valence electrons. The van der Waals surface area contributed by atoms with Crippen LogP contribution in [0, 0.1) is 0 Å². The van der Waals surface area contributed by atoms with Crippen molar-refractivity contribution in [3.8, 4) is 0 Å². The van der Waals surface area contributed by atoms with Crippen molar-refractivity contribution >= 4 is 26.0 Å². The van der Waals surface area contributed by atoms with E-state index < -0.39 is 28.8 Å². The van der Waals surface area contributed by atoms with E-state index in [2.05, 4.69) is 26.2 Å². The second-order valence-electron chi connectivity index (χ2n) is 4.21. The second-order valence-corrected chi connectivity index (χ2v) is 6.76. The molecule has 1 heterocycles. The Hall–Kier alpha value is -0.680. The number of alkyl halides is 3. The van der Waals surface area contributed by atoms with Crippen LogP contribution in [0.5, 0.6) is 0 Å². The SMILES string of the molecule is Cn1nnc(Br)c1S(=O)(=O)N(CC(F)(F)F)C1CC1. The van der Waals surface area contributed by atoms with Gasteiger partial charge in [0.25, 0.3) is 10.0 Å². The summed E-state index contributed by atoms with van der Waals surface area (Å²) >= 11 is 2.89. The monoisotopic (exact) mass is 362 g/mol. The lowest BCUT2D eigenvalue weighted by molar-refractivity contribution is -0.137. The summed E-state index contributed by atoms with van der Waals surface area (Å²) in [5.74, 6) is 0. The highest BCUT2D eigenvalue weighted by molar-refractivity contribution is 9.10. The number of halogens is 4. The van der Waals surface area contributed by atoms with Crippen molar-refractivity contribution in [3.63, 3.8) is 0 Å². The van der Waals surface area contributed by atoms with Gasteiger partial charge < -0.3 is 0 Å². The van der Waals surface area contributed by atoms with E-state index in [4.69, 9.17) is 0 Å². The Balaban J connectivity index is 2.41. The van der Waals surface area contributed by atoms with E-state index >= 15 is 0 Å². The van der Waals surface area contributed by atoms with Gasteiger partial charge in [-0.2, -0.15) is 17.5 Å². The van der Waals surface area contributed by atoms with Crippen LogP contribution in [0.1, 0.15) is 12.8 Å². The highest BCUT2D eigenvalue weighted by atomic mass is 79.9. The molecule has 0 unspecified atom stereocenters. The van der Waals surface area contributed by atoms with Crippen LogP contribution < -0.4 is 0 Å². The van der Waals surface area contributed by atoms with Gasteiger partial charge in [0.1, 0.15) is 6.54 Å². The molecular weight excluding hydrogens is 353 g/mol. The molecule has 1 aliphatic carbocycles. The van der Waals surface area contributed by atoms with Crippen molar-refractivity contribution < 1.29 is 21.6 Å². The third kappa shape index (κ3) is 3.08. The molecule has 0 amide bonds. The number of rotatable bonds is 4. The molecule has 1 aromatic rings. The molecular formula is C8H10BrF3N4O2S. The molecule has 11 heteroatoms. The summed E-state index contributed by atoms with van der Waals surface area (Å²) in [6, 6.07) is -0.603. The maximum Gasteiger partial charge on any atom is 0.402 e. The van der Waals surface area contributed by atoms with Crippen LogP contribution in [0.25, 0.3) is 0 Å². The third-order valence-electron chi connectivity index (χ3n) is 2.58. The van der Waals surface area contributed by atoms with Crippen molar-refractivity contribution in [2.75, 3.05) is 6.54 Å². The summed E-state index contributed by atoms with van der Waals surface area (Å²) in [6.45, 7) is -1.50. The molecule has 1 aromatic heterocycles. The van der Waals surface area contributed by atoms with Crippen LogP contribution >= 0.6 is 15.9 Å². The van der Waals surface area contributed by atoms with E-state index in [0.717, 1.165) is 4.68 Å². The average molecular weight is 363 g/mol. The van der Waals surface area contributed by atoms with Crippen LogP contribution in [0.4, 0.5) is 13.2 Å². The first-order chi connectivity index (χ1) is 8.63. The first kappa shape index (κ1) is 14.7. The van der Waals surface area contributed by atoms with E-state index in [0.29, 0.717) is 17.1 Å². The largest absolute Gasteiger partial charge is 0.402 e. The maximum absolute atomic E-state index is 12.5. The number of hydrogen-bond acceptors (Lipinski definition) is 4. The van der Waals surface area contributed by atoms with Crippen LogP contribution in [0.2, 0.25) is 0 Å². The van der Waals surface area contributed by atoms with Crippen molar-refractivity contribution in [2.45, 2.75) is 30.1 Å². The number of sulfonamides is 1. The predicted octanol–water partition coefficient (Wildman–Crippen LogP) is 1.29. The van der Waals surface area contributed by atoms with Gasteiger partial charge in [-0.25, -0.2) is 13.1 Å². The predicted molar refractivity (Wildman–Crippen MR) is 61.7 cm³/mol. The lowest BCUT2D eigenvalue weighted by Crippen LogP contribution is -2.41. The maximum atomic E-state index is 12.5. The molecule has 0 atom stereocenters. The number of aromatic nitrogens is 3. The Morgan fingerprint density at radius 3 is 2.42 bits per heavy atom. The molecule has 0 aliphatic heterocycles. The fraction of sp³-hybridized carbons (Fsp3) is 0.750. The molecule has 0 spiro atoms. The Kier molecular flexibility index (Phi) is 3.64. The summed E-state index contributed by atoms with van der Waals surface area (Å²) in [5.41, 5.74) is 0. The van der Waals surface area contributed by atoms with Gasteiger partial charge in [0.05, 0.1) is 0 Å². The van der Waals surface area contributed by atoms with Crippen molar-refractivity contribution in [2.24, 2.45) is 7.05 Å². The molecule has 0 bridgehead atoms. The average Bonchev–Trinajstić information content (AvgIpc) is 3.00. The van der Waals surface area contributed by atoms with Gasteiger partial charge in [0, 0.05) is 13.1 Å². The summed E-state index contributed by atoms with van der Waals surface area (Å²) in [4.78, 5) is 0. The quantitative estimate of drug-likeness (QED) is 0.809. The van der Waals surface area contributed by atoms with Crippen molar-refractivity contribution in [1.82, 2.24) is 19.3 Å². The number of aryl methyl sites for hydroxylation is 1. The minimum absolute atomic E-state index is 0.0946. The van der Waals surface area contributed by atoms with E-state index in [1.54, 1.807) is 0 Å². The first-order valence-electron chi connectivity index (χ1n) is 5.26. The van der Waals surface area contributed by atoms with Crippen LogP contribution in [-0.4, -0.2) is 46.5 Å². The Morgan fingerprint density at radius 1 is 1.47 bits per heavy atom. The molecule has 1 fully saturated rings. The lowest BCUT2D eigenvalue weighted by atomic mass is 10.6. The van der Waals surface area contributed by atoms with Gasteiger partial charge in [-0.15, -0.1) is 5.10 Å². The van der Waals surface area contributed by atoms with E-state index in [1.807, 2.05) is 0 Å². The molecule has 1 saturated carbocycles. The minimum Gasteiger partial charge on any atom is -0.235 e. The van der Waals surface area contributed by atoms with Gasteiger partial charge >= 0.3 is 6.18 Å². The summed E-state index contributed by atoms with van der Waals surface area (Å²) in [7, 11) is -2.98. The lowest BCUT2D eigenvalue weighted by Gasteiger charge is -2.22. The van der Waals surface area contributed by atoms with Gasteiger partial charge in [0.2, 0.25) is 5.03 Å². The zero-order chi connectivity index (χ0) is 14.4. The number of nitrogens with zero attached hydrogens (tertiary/aromatic N) is 4. The zero-order valence-electron chi connectivity index (χ0n) is 9.72. The Morgan fingerprint density at radius 2 is 2.05 bits per heavy atom. The topological polar surface area (TPSA) is 68.1 Å². The van der Waals surface area contributed by atoms with Crippen molar-refractivity contribution in [1.29, 1.82) is 0 Å². The smallest absolute Gasteiger partial charge is 0.235 e. The Labute approximate surface area is 115 Å². The normalized spacial score (nSPS) is 17.2. The van der Waals surface area contributed by atoms with Gasteiger partial charge in [-0.05, 0) is 28.8 Å². The summed E-state index contributed by atoms with van der Waals surface area (Å²) in [6.07, 6.45) is -3.73. The van der Waals surface area contributed by atoms with E-state index in [1.165, 1.54) is 7.05 Å². The molecule has 0 aromatic carbocycles.